The first-order chi connectivity index (χ1) is 7.44. The average Bonchev–Trinajstić information content (AvgIpc) is 2.59. The minimum Gasteiger partial charge on any atom is -0.459 e. The monoisotopic (exact) mass is 227 g/mol. The van der Waals surface area contributed by atoms with Gasteiger partial charge in [-0.05, 0) is 53.1 Å². The molecule has 1 heterocycles. The molecular weight excluding hydrogens is 202 g/mol. The number of nitrogens with zero attached hydrogens (tertiary/aromatic N) is 1. The average molecular weight is 227 g/mol. The summed E-state index contributed by atoms with van der Waals surface area (Å²) in [5.74, 6) is -0.0406. The molecule has 1 fully saturated rings. The first-order valence-corrected chi connectivity index (χ1v) is 6.41. The maximum Gasteiger partial charge on any atom is 0.323 e. The third kappa shape index (κ3) is 4.12. The van der Waals surface area contributed by atoms with Gasteiger partial charge >= 0.3 is 5.97 Å². The third-order valence-corrected chi connectivity index (χ3v) is 2.84. The van der Waals surface area contributed by atoms with Gasteiger partial charge in [0.15, 0.2) is 0 Å². The van der Waals surface area contributed by atoms with Crippen LogP contribution in [0.1, 0.15) is 53.4 Å². The van der Waals surface area contributed by atoms with Crippen LogP contribution in [-0.2, 0) is 9.53 Å². The molecule has 1 saturated heterocycles. The van der Waals surface area contributed by atoms with Crippen LogP contribution in [0.3, 0.4) is 0 Å². The second-order valence-electron chi connectivity index (χ2n) is 5.58. The zero-order valence-electron chi connectivity index (χ0n) is 11.1. The van der Waals surface area contributed by atoms with E-state index < -0.39 is 0 Å². The highest BCUT2D eigenvalue weighted by atomic mass is 16.6. The van der Waals surface area contributed by atoms with Crippen molar-refractivity contribution >= 4 is 5.97 Å². The minimum absolute atomic E-state index is 0.00535. The van der Waals surface area contributed by atoms with Crippen molar-refractivity contribution < 1.29 is 9.53 Å². The molecule has 0 spiro atoms. The lowest BCUT2D eigenvalue weighted by Crippen LogP contribution is -2.40. The van der Waals surface area contributed by atoms with E-state index >= 15 is 0 Å². The molecule has 0 saturated carbocycles. The quantitative estimate of drug-likeness (QED) is 0.691. The molecule has 3 nitrogen and oxygen atoms in total. The Morgan fingerprint density at radius 2 is 2.12 bits per heavy atom. The number of unbranched alkanes of at least 4 members (excludes halogenated alkanes) is 1. The highest BCUT2D eigenvalue weighted by Crippen LogP contribution is 2.21. The topological polar surface area (TPSA) is 29.5 Å². The van der Waals surface area contributed by atoms with Gasteiger partial charge in [-0.3, -0.25) is 9.69 Å². The molecule has 0 bridgehead atoms. The van der Waals surface area contributed by atoms with Crippen molar-refractivity contribution in [2.75, 3.05) is 13.1 Å². The summed E-state index contributed by atoms with van der Waals surface area (Å²) < 4.78 is 5.45. The maximum absolute atomic E-state index is 12.0. The van der Waals surface area contributed by atoms with Crippen LogP contribution in [0.4, 0.5) is 0 Å². The van der Waals surface area contributed by atoms with Gasteiger partial charge in [-0.15, -0.1) is 0 Å². The fourth-order valence-corrected chi connectivity index (χ4v) is 2.09. The number of hydrogen-bond donors (Lipinski definition) is 0. The Labute approximate surface area is 99.1 Å². The molecule has 94 valence electrons. The Bertz CT molecular complexity index is 233. The number of rotatable bonds is 4. The molecule has 0 amide bonds. The van der Waals surface area contributed by atoms with Crippen LogP contribution in [0.5, 0.6) is 0 Å². The smallest absolute Gasteiger partial charge is 0.323 e. The lowest BCUT2D eigenvalue weighted by molar-refractivity contribution is -0.160. The summed E-state index contributed by atoms with van der Waals surface area (Å²) in [5.41, 5.74) is -0.365. The molecule has 1 aliphatic rings. The van der Waals surface area contributed by atoms with Gasteiger partial charge in [0.2, 0.25) is 0 Å². The first-order valence-electron chi connectivity index (χ1n) is 6.41. The lowest BCUT2D eigenvalue weighted by atomic mass is 10.1. The molecular formula is C13H25NO2. The van der Waals surface area contributed by atoms with Gasteiger partial charge in [-0.1, -0.05) is 13.3 Å². The second-order valence-corrected chi connectivity index (χ2v) is 5.58. The fourth-order valence-electron chi connectivity index (χ4n) is 2.09. The van der Waals surface area contributed by atoms with Crippen molar-refractivity contribution in [3.63, 3.8) is 0 Å². The van der Waals surface area contributed by atoms with E-state index in [1.807, 2.05) is 20.8 Å². The molecule has 0 aliphatic carbocycles. The van der Waals surface area contributed by atoms with Crippen molar-refractivity contribution in [1.82, 2.24) is 4.90 Å². The van der Waals surface area contributed by atoms with E-state index in [1.165, 1.54) is 12.8 Å². The molecule has 0 aromatic carbocycles. The van der Waals surface area contributed by atoms with Crippen molar-refractivity contribution in [3.8, 4) is 0 Å². The Kier molecular flexibility index (Phi) is 4.78. The van der Waals surface area contributed by atoms with Gasteiger partial charge < -0.3 is 4.74 Å². The minimum atomic E-state index is -0.365. The number of carbonyl (C=O) groups excluding carboxylic acids is 1. The zero-order chi connectivity index (χ0) is 12.2. The molecule has 1 atom stereocenters. The maximum atomic E-state index is 12.0. The standard InChI is InChI=1S/C13H25NO2/c1-5-6-9-14-10-7-8-11(14)12(15)16-13(2,3)4/h11H,5-10H2,1-4H3/t11-/m0/s1. The summed E-state index contributed by atoms with van der Waals surface area (Å²) in [7, 11) is 0. The van der Waals surface area contributed by atoms with Crippen LogP contribution < -0.4 is 0 Å². The van der Waals surface area contributed by atoms with Crippen LogP contribution in [0, 0.1) is 0 Å². The summed E-state index contributed by atoms with van der Waals surface area (Å²) in [6.45, 7) is 10.0. The van der Waals surface area contributed by atoms with Crippen LogP contribution in [0.25, 0.3) is 0 Å². The van der Waals surface area contributed by atoms with Gasteiger partial charge in [-0.25, -0.2) is 0 Å². The third-order valence-electron chi connectivity index (χ3n) is 2.84. The van der Waals surface area contributed by atoms with Crippen LogP contribution in [0.15, 0.2) is 0 Å². The SMILES string of the molecule is CCCCN1CCC[C@H]1C(=O)OC(C)(C)C. The second kappa shape index (κ2) is 5.67. The highest BCUT2D eigenvalue weighted by molar-refractivity contribution is 5.76. The number of likely N-dealkylation sites (tertiary alicyclic amines) is 1. The van der Waals surface area contributed by atoms with Crippen LogP contribution >= 0.6 is 0 Å². The van der Waals surface area contributed by atoms with Gasteiger partial charge in [0.25, 0.3) is 0 Å². The lowest BCUT2D eigenvalue weighted by Gasteiger charge is -2.27. The molecule has 0 aromatic heterocycles. The summed E-state index contributed by atoms with van der Waals surface area (Å²) >= 11 is 0. The van der Waals surface area contributed by atoms with E-state index in [1.54, 1.807) is 0 Å². The van der Waals surface area contributed by atoms with E-state index in [9.17, 15) is 4.79 Å². The number of hydrogen-bond acceptors (Lipinski definition) is 3. The normalized spacial score (nSPS) is 22.4. The number of ether oxygens (including phenoxy) is 1. The Balaban J connectivity index is 2.47. The molecule has 0 unspecified atom stereocenters. The zero-order valence-corrected chi connectivity index (χ0v) is 11.1. The van der Waals surface area contributed by atoms with Gasteiger partial charge in [0.1, 0.15) is 11.6 Å². The fraction of sp³-hybridized carbons (Fsp3) is 0.923. The summed E-state index contributed by atoms with van der Waals surface area (Å²) in [4.78, 5) is 14.2. The van der Waals surface area contributed by atoms with E-state index in [0.717, 1.165) is 25.9 Å². The van der Waals surface area contributed by atoms with Gasteiger partial charge in [-0.2, -0.15) is 0 Å². The molecule has 1 rings (SSSR count). The van der Waals surface area contributed by atoms with Crippen molar-refractivity contribution in [2.45, 2.75) is 65.0 Å². The molecule has 3 heteroatoms. The van der Waals surface area contributed by atoms with Gasteiger partial charge in [0, 0.05) is 0 Å². The molecule has 16 heavy (non-hydrogen) atoms. The van der Waals surface area contributed by atoms with Crippen LogP contribution in [0.2, 0.25) is 0 Å². The summed E-state index contributed by atoms with van der Waals surface area (Å²) in [5, 5.41) is 0. The highest BCUT2D eigenvalue weighted by Gasteiger charge is 2.33. The van der Waals surface area contributed by atoms with Crippen LogP contribution in [-0.4, -0.2) is 35.6 Å². The molecule has 0 aromatic rings. The Morgan fingerprint density at radius 3 is 2.69 bits per heavy atom. The molecule has 0 radical (unpaired) electrons. The van der Waals surface area contributed by atoms with E-state index in [-0.39, 0.29) is 17.6 Å². The van der Waals surface area contributed by atoms with Crippen molar-refractivity contribution in [2.24, 2.45) is 0 Å². The van der Waals surface area contributed by atoms with E-state index in [0.29, 0.717) is 0 Å². The van der Waals surface area contributed by atoms with Crippen molar-refractivity contribution in [1.29, 1.82) is 0 Å². The predicted molar refractivity (Wildman–Crippen MR) is 65.3 cm³/mol. The largest absolute Gasteiger partial charge is 0.459 e. The molecule has 1 aliphatic heterocycles. The predicted octanol–water partition coefficient (Wildman–Crippen LogP) is 2.59. The Hall–Kier alpha value is -0.570. The number of carbonyl (C=O) groups is 1. The first kappa shape index (κ1) is 13.5. The van der Waals surface area contributed by atoms with E-state index in [2.05, 4.69) is 11.8 Å². The van der Waals surface area contributed by atoms with E-state index in [4.69, 9.17) is 4.74 Å². The number of esters is 1. The van der Waals surface area contributed by atoms with Gasteiger partial charge in [0.05, 0.1) is 0 Å². The summed E-state index contributed by atoms with van der Waals surface area (Å²) in [6.07, 6.45) is 4.42. The Morgan fingerprint density at radius 1 is 1.44 bits per heavy atom. The molecule has 0 N–H and O–H groups in total. The summed E-state index contributed by atoms with van der Waals surface area (Å²) in [6, 6.07) is 0.00535. The van der Waals surface area contributed by atoms with Crippen molar-refractivity contribution in [3.05, 3.63) is 0 Å².